The van der Waals surface area contributed by atoms with E-state index < -0.39 is 28.6 Å². The molecule has 0 unspecified atom stereocenters. The predicted octanol–water partition coefficient (Wildman–Crippen LogP) is 3.39. The van der Waals surface area contributed by atoms with E-state index in [9.17, 15) is 24.5 Å². The summed E-state index contributed by atoms with van der Waals surface area (Å²) in [7, 11) is 2.62. The molecule has 10 nitrogen and oxygen atoms in total. The van der Waals surface area contributed by atoms with E-state index in [1.807, 2.05) is 0 Å². The van der Waals surface area contributed by atoms with Crippen molar-refractivity contribution in [3.8, 4) is 11.5 Å². The second-order valence-electron chi connectivity index (χ2n) is 6.43. The van der Waals surface area contributed by atoms with Gasteiger partial charge in [-0.25, -0.2) is 0 Å². The molecule has 1 fully saturated rings. The highest BCUT2D eigenvalue weighted by Crippen LogP contribution is 2.35. The van der Waals surface area contributed by atoms with E-state index >= 15 is 0 Å². The first-order valence-corrected chi connectivity index (χ1v) is 10.0. The van der Waals surface area contributed by atoms with Gasteiger partial charge in [0.15, 0.2) is 11.5 Å². The molecule has 2 amide bonds. The van der Waals surface area contributed by atoms with Crippen molar-refractivity contribution in [3.63, 3.8) is 0 Å². The first kappa shape index (κ1) is 22.8. The fourth-order valence-corrected chi connectivity index (χ4v) is 3.68. The van der Waals surface area contributed by atoms with Crippen molar-refractivity contribution in [1.82, 2.24) is 4.90 Å². The van der Waals surface area contributed by atoms with Gasteiger partial charge >= 0.3 is 5.97 Å². The molecule has 3 rings (SSSR count). The number of methoxy groups -OCH3 is 2. The Morgan fingerprint density at radius 2 is 1.91 bits per heavy atom. The lowest BCUT2D eigenvalue weighted by atomic mass is 10.1. The zero-order valence-corrected chi connectivity index (χ0v) is 17.9. The maximum Gasteiger partial charge on any atom is 0.325 e. The standard InChI is InChI=1S/C21H18N2O8S/c1-29-16-8-7-13(10-18-20(25)22(21(26)32-18)11-19(24)30-2)9-17(16)31-12-14-5-3-4-6-15(14)23(27)28/h3-10H,11-12H2,1-2H3/b18-10-. The Morgan fingerprint density at radius 1 is 1.16 bits per heavy atom. The van der Waals surface area contributed by atoms with Crippen LogP contribution in [0.15, 0.2) is 47.4 Å². The number of carbonyl (C=O) groups is 3. The molecule has 11 heteroatoms. The number of thioether (sulfide) groups is 1. The molecule has 1 aliphatic rings. The van der Waals surface area contributed by atoms with E-state index in [0.717, 1.165) is 4.90 Å². The molecule has 32 heavy (non-hydrogen) atoms. The average Bonchev–Trinajstić information content (AvgIpc) is 3.05. The van der Waals surface area contributed by atoms with Gasteiger partial charge in [0, 0.05) is 6.07 Å². The molecule has 1 aliphatic heterocycles. The van der Waals surface area contributed by atoms with Crippen molar-refractivity contribution >= 4 is 40.6 Å². The zero-order chi connectivity index (χ0) is 23.3. The third-order valence-corrected chi connectivity index (χ3v) is 5.35. The van der Waals surface area contributed by atoms with Gasteiger partial charge in [-0.3, -0.25) is 29.4 Å². The van der Waals surface area contributed by atoms with Gasteiger partial charge in [-0.2, -0.15) is 0 Å². The highest BCUT2D eigenvalue weighted by atomic mass is 32.2. The van der Waals surface area contributed by atoms with Crippen LogP contribution in [0.3, 0.4) is 0 Å². The number of para-hydroxylation sites is 1. The molecule has 0 spiro atoms. The first-order valence-electron chi connectivity index (χ1n) is 9.19. The molecule has 2 aromatic carbocycles. The normalized spacial score (nSPS) is 14.6. The van der Waals surface area contributed by atoms with E-state index in [4.69, 9.17) is 9.47 Å². The Morgan fingerprint density at radius 3 is 2.59 bits per heavy atom. The van der Waals surface area contributed by atoms with Gasteiger partial charge in [0.25, 0.3) is 16.8 Å². The third kappa shape index (κ3) is 5.06. The molecule has 0 saturated carbocycles. The van der Waals surface area contributed by atoms with Crippen molar-refractivity contribution in [1.29, 1.82) is 0 Å². The summed E-state index contributed by atoms with van der Waals surface area (Å²) in [6, 6.07) is 11.1. The first-order chi connectivity index (χ1) is 15.3. The second kappa shape index (κ2) is 9.96. The highest BCUT2D eigenvalue weighted by molar-refractivity contribution is 8.18. The number of hydrogen-bond acceptors (Lipinski definition) is 9. The molecule has 0 radical (unpaired) electrons. The number of amides is 2. The number of ether oxygens (including phenoxy) is 3. The van der Waals surface area contributed by atoms with Crippen LogP contribution in [-0.4, -0.2) is 47.7 Å². The van der Waals surface area contributed by atoms with Crippen LogP contribution in [0.5, 0.6) is 11.5 Å². The molecule has 1 saturated heterocycles. The molecule has 0 N–H and O–H groups in total. The predicted molar refractivity (Wildman–Crippen MR) is 115 cm³/mol. The van der Waals surface area contributed by atoms with Crippen LogP contribution < -0.4 is 9.47 Å². The van der Waals surface area contributed by atoms with Crippen LogP contribution in [0.25, 0.3) is 6.08 Å². The van der Waals surface area contributed by atoms with Crippen molar-refractivity contribution in [2.75, 3.05) is 20.8 Å². The van der Waals surface area contributed by atoms with Crippen LogP contribution in [0.1, 0.15) is 11.1 Å². The Balaban J connectivity index is 1.82. The largest absolute Gasteiger partial charge is 0.493 e. The number of nitro groups is 1. The van der Waals surface area contributed by atoms with Crippen molar-refractivity contribution < 1.29 is 33.5 Å². The van der Waals surface area contributed by atoms with Gasteiger partial charge < -0.3 is 14.2 Å². The Bertz CT molecular complexity index is 1110. The van der Waals surface area contributed by atoms with Crippen LogP contribution in [0.2, 0.25) is 0 Å². The quantitative estimate of drug-likeness (QED) is 0.253. The molecule has 0 atom stereocenters. The van der Waals surface area contributed by atoms with Crippen LogP contribution in [0.4, 0.5) is 10.5 Å². The second-order valence-corrected chi connectivity index (χ2v) is 7.42. The molecule has 0 aromatic heterocycles. The number of hydrogen-bond donors (Lipinski definition) is 0. The van der Waals surface area contributed by atoms with Crippen LogP contribution in [-0.2, 0) is 20.9 Å². The zero-order valence-electron chi connectivity index (χ0n) is 17.1. The van der Waals surface area contributed by atoms with E-state index in [0.29, 0.717) is 34.4 Å². The summed E-state index contributed by atoms with van der Waals surface area (Å²) in [5.41, 5.74) is 0.850. The van der Waals surface area contributed by atoms with Gasteiger partial charge in [-0.15, -0.1) is 0 Å². The van der Waals surface area contributed by atoms with Gasteiger partial charge in [-0.05, 0) is 41.6 Å². The minimum atomic E-state index is -0.705. The lowest BCUT2D eigenvalue weighted by Gasteiger charge is -2.12. The summed E-state index contributed by atoms with van der Waals surface area (Å²) in [5, 5.41) is 10.6. The van der Waals surface area contributed by atoms with Gasteiger partial charge in [0.05, 0.1) is 29.6 Å². The minimum absolute atomic E-state index is 0.0677. The van der Waals surface area contributed by atoms with E-state index in [2.05, 4.69) is 4.74 Å². The lowest BCUT2D eigenvalue weighted by Crippen LogP contribution is -2.34. The average molecular weight is 458 g/mol. The summed E-state index contributed by atoms with van der Waals surface area (Å²) in [4.78, 5) is 47.6. The van der Waals surface area contributed by atoms with Crippen LogP contribution >= 0.6 is 11.8 Å². The maximum absolute atomic E-state index is 12.5. The number of nitro benzene ring substituents is 1. The molecule has 2 aromatic rings. The lowest BCUT2D eigenvalue weighted by molar-refractivity contribution is -0.385. The van der Waals surface area contributed by atoms with Gasteiger partial charge in [0.1, 0.15) is 13.2 Å². The number of benzene rings is 2. The monoisotopic (exact) mass is 458 g/mol. The van der Waals surface area contributed by atoms with Gasteiger partial charge in [0.2, 0.25) is 0 Å². The summed E-state index contributed by atoms with van der Waals surface area (Å²) in [6.07, 6.45) is 1.49. The van der Waals surface area contributed by atoms with Crippen molar-refractivity contribution in [2.45, 2.75) is 6.61 Å². The summed E-state index contributed by atoms with van der Waals surface area (Å²) in [5.74, 6) is -0.625. The van der Waals surface area contributed by atoms with E-state index in [1.54, 1.807) is 36.4 Å². The molecule has 1 heterocycles. The molecule has 0 bridgehead atoms. The Labute approximate surface area is 186 Å². The number of esters is 1. The number of rotatable bonds is 8. The molecule has 0 aliphatic carbocycles. The topological polar surface area (TPSA) is 125 Å². The SMILES string of the molecule is COC(=O)CN1C(=O)S/C(=C\c2ccc(OC)c(OCc3ccccc3[N+](=O)[O-])c2)C1=O. The maximum atomic E-state index is 12.5. The van der Waals surface area contributed by atoms with E-state index in [-0.39, 0.29) is 17.2 Å². The fraction of sp³-hybridized carbons (Fsp3) is 0.190. The summed E-state index contributed by atoms with van der Waals surface area (Å²) in [6.45, 7) is -0.544. The minimum Gasteiger partial charge on any atom is -0.493 e. The Hall–Kier alpha value is -3.86. The molecule has 166 valence electrons. The fourth-order valence-electron chi connectivity index (χ4n) is 2.84. The summed E-state index contributed by atoms with van der Waals surface area (Å²) < 4.78 is 15.5. The molecular weight excluding hydrogens is 440 g/mol. The van der Waals surface area contributed by atoms with Crippen LogP contribution in [0, 0.1) is 10.1 Å². The van der Waals surface area contributed by atoms with E-state index in [1.165, 1.54) is 26.4 Å². The number of imide groups is 1. The summed E-state index contributed by atoms with van der Waals surface area (Å²) >= 11 is 0.704. The van der Waals surface area contributed by atoms with Gasteiger partial charge in [-0.1, -0.05) is 18.2 Å². The highest BCUT2D eigenvalue weighted by Gasteiger charge is 2.36. The third-order valence-electron chi connectivity index (χ3n) is 4.45. The number of nitrogens with zero attached hydrogens (tertiary/aromatic N) is 2. The molecular formula is C21H18N2O8S. The van der Waals surface area contributed by atoms with Crippen molar-refractivity contribution in [3.05, 3.63) is 68.6 Å². The Kier molecular flexibility index (Phi) is 7.11. The smallest absolute Gasteiger partial charge is 0.325 e. The number of carbonyl (C=O) groups excluding carboxylic acids is 3. The van der Waals surface area contributed by atoms with Crippen molar-refractivity contribution in [2.24, 2.45) is 0 Å².